The Morgan fingerprint density at radius 1 is 1.00 bits per heavy atom. The Morgan fingerprint density at radius 2 is 1.79 bits per heavy atom. The second-order valence-electron chi connectivity index (χ2n) is 7.69. The van der Waals surface area contributed by atoms with Crippen molar-refractivity contribution in [2.75, 3.05) is 19.7 Å². The van der Waals surface area contributed by atoms with Gasteiger partial charge in [-0.05, 0) is 59.0 Å². The van der Waals surface area contributed by atoms with Gasteiger partial charge in [-0.1, -0.05) is 48.5 Å². The van der Waals surface area contributed by atoms with Gasteiger partial charge in [0.1, 0.15) is 0 Å². The summed E-state index contributed by atoms with van der Waals surface area (Å²) in [7, 11) is 0. The van der Waals surface area contributed by atoms with Crippen LogP contribution in [0.25, 0.3) is 10.8 Å². The van der Waals surface area contributed by atoms with Crippen molar-refractivity contribution in [3.05, 3.63) is 83.4 Å². The Bertz CT molecular complexity index is 970. The smallest absolute Gasteiger partial charge is 0.335 e. The maximum atomic E-state index is 11.2. The van der Waals surface area contributed by atoms with Gasteiger partial charge in [0.15, 0.2) is 0 Å². The van der Waals surface area contributed by atoms with Crippen LogP contribution in [0.1, 0.15) is 33.8 Å². The summed E-state index contributed by atoms with van der Waals surface area (Å²) in [6, 6.07) is 22.0. The van der Waals surface area contributed by atoms with Crippen molar-refractivity contribution in [1.29, 1.82) is 0 Å². The van der Waals surface area contributed by atoms with Gasteiger partial charge in [-0.3, -0.25) is 4.90 Å². The quantitative estimate of drug-likeness (QED) is 0.704. The molecule has 3 aromatic rings. The van der Waals surface area contributed by atoms with Gasteiger partial charge in [-0.25, -0.2) is 4.79 Å². The van der Waals surface area contributed by atoms with E-state index in [4.69, 9.17) is 0 Å². The largest absolute Gasteiger partial charge is 0.478 e. The number of likely N-dealkylation sites (tertiary alicyclic amines) is 1. The molecule has 1 fully saturated rings. The lowest BCUT2D eigenvalue weighted by Crippen LogP contribution is -2.40. The molecule has 0 aromatic heterocycles. The fourth-order valence-electron chi connectivity index (χ4n) is 4.36. The number of carboxylic acids is 1. The first-order valence-electron chi connectivity index (χ1n) is 9.78. The number of rotatable bonds is 5. The Balaban J connectivity index is 1.49. The van der Waals surface area contributed by atoms with E-state index < -0.39 is 5.97 Å². The minimum absolute atomic E-state index is 0.190. The SMILES string of the molecule is O=C(O)c1ccc2ccc(CN3CC[C@H](c4ccccc4)[C@H](CO)C3)cc2c1. The van der Waals surface area contributed by atoms with Crippen LogP contribution < -0.4 is 0 Å². The molecule has 4 heteroatoms. The standard InChI is InChI=1S/C24H25NO3/c26-16-22-15-25(11-10-23(22)19-4-2-1-3-5-19)14-17-6-7-18-8-9-20(24(27)28)13-21(18)12-17/h1-9,12-13,22-23,26H,10-11,14-16H2,(H,27,28)/t22-,23+/m0/s1. The number of carbonyl (C=O) groups is 1. The van der Waals surface area contributed by atoms with E-state index in [2.05, 4.69) is 47.4 Å². The third kappa shape index (κ3) is 3.93. The highest BCUT2D eigenvalue weighted by Crippen LogP contribution is 2.33. The number of aromatic carboxylic acids is 1. The van der Waals surface area contributed by atoms with Crippen LogP contribution in [0.2, 0.25) is 0 Å². The molecule has 1 aliphatic rings. The van der Waals surface area contributed by atoms with Gasteiger partial charge in [-0.15, -0.1) is 0 Å². The molecule has 4 nitrogen and oxygen atoms in total. The fourth-order valence-corrected chi connectivity index (χ4v) is 4.36. The summed E-state index contributed by atoms with van der Waals surface area (Å²) in [4.78, 5) is 13.6. The number of aliphatic hydroxyl groups is 1. The van der Waals surface area contributed by atoms with Gasteiger partial charge in [0.2, 0.25) is 0 Å². The molecule has 0 unspecified atom stereocenters. The van der Waals surface area contributed by atoms with E-state index in [0.717, 1.165) is 36.8 Å². The molecule has 1 aliphatic heterocycles. The molecule has 0 radical (unpaired) electrons. The number of aliphatic hydroxyl groups excluding tert-OH is 1. The molecular formula is C24H25NO3. The van der Waals surface area contributed by atoms with Crippen molar-refractivity contribution in [3.63, 3.8) is 0 Å². The van der Waals surface area contributed by atoms with Crippen LogP contribution in [0.5, 0.6) is 0 Å². The zero-order valence-electron chi connectivity index (χ0n) is 15.8. The van der Waals surface area contributed by atoms with E-state index in [9.17, 15) is 15.0 Å². The van der Waals surface area contributed by atoms with Gasteiger partial charge >= 0.3 is 5.97 Å². The Hall–Kier alpha value is -2.69. The molecule has 3 aromatic carbocycles. The summed E-state index contributed by atoms with van der Waals surface area (Å²) >= 11 is 0. The van der Waals surface area contributed by atoms with Crippen molar-refractivity contribution in [1.82, 2.24) is 4.90 Å². The summed E-state index contributed by atoms with van der Waals surface area (Å²) in [6.45, 7) is 2.85. The summed E-state index contributed by atoms with van der Waals surface area (Å²) in [5.74, 6) is -0.270. The van der Waals surface area contributed by atoms with Gasteiger partial charge < -0.3 is 10.2 Å². The summed E-state index contributed by atoms with van der Waals surface area (Å²) in [6.07, 6.45) is 1.03. The lowest BCUT2D eigenvalue weighted by atomic mass is 9.81. The van der Waals surface area contributed by atoms with Crippen LogP contribution in [-0.2, 0) is 6.54 Å². The highest BCUT2D eigenvalue weighted by atomic mass is 16.4. The highest BCUT2D eigenvalue weighted by molar-refractivity contribution is 5.94. The number of piperidine rings is 1. The van der Waals surface area contributed by atoms with Crippen molar-refractivity contribution in [3.8, 4) is 0 Å². The average molecular weight is 375 g/mol. The van der Waals surface area contributed by atoms with Gasteiger partial charge in [0.05, 0.1) is 5.56 Å². The van der Waals surface area contributed by atoms with Crippen LogP contribution in [0.3, 0.4) is 0 Å². The minimum Gasteiger partial charge on any atom is -0.478 e. The maximum absolute atomic E-state index is 11.2. The molecule has 1 heterocycles. The zero-order chi connectivity index (χ0) is 19.5. The highest BCUT2D eigenvalue weighted by Gasteiger charge is 2.29. The Morgan fingerprint density at radius 3 is 2.54 bits per heavy atom. The lowest BCUT2D eigenvalue weighted by molar-refractivity contribution is 0.0697. The molecule has 1 saturated heterocycles. The van der Waals surface area contributed by atoms with Crippen LogP contribution in [0.4, 0.5) is 0 Å². The molecule has 28 heavy (non-hydrogen) atoms. The zero-order valence-corrected chi connectivity index (χ0v) is 15.8. The molecule has 2 atom stereocenters. The van der Waals surface area contributed by atoms with Crippen molar-refractivity contribution in [2.24, 2.45) is 5.92 Å². The molecule has 0 spiro atoms. The van der Waals surface area contributed by atoms with E-state index >= 15 is 0 Å². The minimum atomic E-state index is -0.902. The Labute approximate surface area is 165 Å². The number of nitrogens with zero attached hydrogens (tertiary/aromatic N) is 1. The van der Waals surface area contributed by atoms with Crippen LogP contribution in [-0.4, -0.2) is 40.8 Å². The van der Waals surface area contributed by atoms with Crippen molar-refractivity contribution >= 4 is 16.7 Å². The molecule has 2 N–H and O–H groups in total. The maximum Gasteiger partial charge on any atom is 0.335 e. The van der Waals surface area contributed by atoms with Gasteiger partial charge in [0.25, 0.3) is 0 Å². The molecule has 144 valence electrons. The first kappa shape index (κ1) is 18.7. The molecule has 0 saturated carbocycles. The molecule has 4 rings (SSSR count). The van der Waals surface area contributed by atoms with E-state index in [1.54, 1.807) is 12.1 Å². The first-order valence-corrected chi connectivity index (χ1v) is 9.78. The van der Waals surface area contributed by atoms with E-state index in [1.165, 1.54) is 11.1 Å². The first-order chi connectivity index (χ1) is 13.6. The lowest BCUT2D eigenvalue weighted by Gasteiger charge is -2.38. The number of benzene rings is 3. The predicted molar refractivity (Wildman–Crippen MR) is 111 cm³/mol. The van der Waals surface area contributed by atoms with Gasteiger partial charge in [-0.2, -0.15) is 0 Å². The molecule has 0 aliphatic carbocycles. The normalized spacial score (nSPS) is 20.3. The molecular weight excluding hydrogens is 350 g/mol. The topological polar surface area (TPSA) is 60.8 Å². The van der Waals surface area contributed by atoms with Crippen LogP contribution in [0.15, 0.2) is 66.7 Å². The summed E-state index contributed by atoms with van der Waals surface area (Å²) in [5.41, 5.74) is 2.80. The van der Waals surface area contributed by atoms with E-state index in [-0.39, 0.29) is 12.5 Å². The third-order valence-electron chi connectivity index (χ3n) is 5.84. The summed E-state index contributed by atoms with van der Waals surface area (Å²) < 4.78 is 0. The number of fused-ring (bicyclic) bond motifs is 1. The predicted octanol–water partition coefficient (Wildman–Crippen LogP) is 4.14. The van der Waals surface area contributed by atoms with Gasteiger partial charge in [0, 0.05) is 25.6 Å². The number of hydrogen-bond donors (Lipinski definition) is 2. The van der Waals surface area contributed by atoms with Crippen molar-refractivity contribution < 1.29 is 15.0 Å². The fraction of sp³-hybridized carbons (Fsp3) is 0.292. The second-order valence-corrected chi connectivity index (χ2v) is 7.69. The Kier molecular flexibility index (Phi) is 5.42. The molecule has 0 bridgehead atoms. The third-order valence-corrected chi connectivity index (χ3v) is 5.84. The summed E-state index contributed by atoms with van der Waals surface area (Å²) in [5, 5.41) is 21.2. The van der Waals surface area contributed by atoms with Crippen LogP contribution >= 0.6 is 0 Å². The number of carboxylic acid groups (broad SMARTS) is 1. The second kappa shape index (κ2) is 8.13. The van der Waals surface area contributed by atoms with Crippen molar-refractivity contribution in [2.45, 2.75) is 18.9 Å². The monoisotopic (exact) mass is 375 g/mol. The van der Waals surface area contributed by atoms with E-state index in [1.807, 2.05) is 12.1 Å². The number of hydrogen-bond acceptors (Lipinski definition) is 3. The molecule has 0 amide bonds. The van der Waals surface area contributed by atoms with E-state index in [0.29, 0.717) is 11.5 Å². The van der Waals surface area contributed by atoms with Crippen LogP contribution in [0, 0.1) is 5.92 Å². The average Bonchev–Trinajstić information content (AvgIpc) is 2.73.